The van der Waals surface area contributed by atoms with Gasteiger partial charge in [-0.25, -0.2) is 0 Å². The number of nitrogens with zero attached hydrogens (tertiary/aromatic N) is 5. The van der Waals surface area contributed by atoms with E-state index in [-0.39, 0.29) is 0 Å². The molecule has 1 aliphatic heterocycles. The van der Waals surface area contributed by atoms with Crippen LogP contribution in [0.1, 0.15) is 24.2 Å². The van der Waals surface area contributed by atoms with Crippen LogP contribution in [0.5, 0.6) is 0 Å². The third-order valence-electron chi connectivity index (χ3n) is 3.92. The van der Waals surface area contributed by atoms with Crippen molar-refractivity contribution >= 4 is 11.8 Å². The van der Waals surface area contributed by atoms with Crippen molar-refractivity contribution in [3.63, 3.8) is 0 Å². The molecule has 0 saturated carbocycles. The minimum absolute atomic E-state index is 0.291. The fraction of sp³-hybridized carbons (Fsp3) is 0.667. The van der Waals surface area contributed by atoms with E-state index in [1.807, 2.05) is 25.0 Å². The van der Waals surface area contributed by atoms with Crippen molar-refractivity contribution in [2.24, 2.45) is 7.05 Å². The first-order chi connectivity index (χ1) is 11.3. The molecule has 1 atom stereocenters. The Morgan fingerprint density at radius 1 is 1.43 bits per heavy atom. The fourth-order valence-electron chi connectivity index (χ4n) is 2.75. The van der Waals surface area contributed by atoms with Crippen molar-refractivity contribution in [1.29, 1.82) is 0 Å². The van der Waals surface area contributed by atoms with Gasteiger partial charge in [-0.3, -0.25) is 4.68 Å². The van der Waals surface area contributed by atoms with Crippen molar-refractivity contribution in [3.05, 3.63) is 23.8 Å². The highest BCUT2D eigenvalue weighted by atomic mass is 32.2. The molecule has 1 aliphatic rings. The maximum absolute atomic E-state index is 5.77. The number of hydrogen-bond donors (Lipinski definition) is 1. The van der Waals surface area contributed by atoms with Crippen LogP contribution in [0, 0.1) is 0 Å². The smallest absolute Gasteiger partial charge is 0.191 e. The predicted octanol–water partition coefficient (Wildman–Crippen LogP) is 1.24. The van der Waals surface area contributed by atoms with E-state index < -0.39 is 0 Å². The molecule has 2 aromatic rings. The average molecular weight is 336 g/mol. The number of aromatic nitrogens is 5. The second-order valence-electron chi connectivity index (χ2n) is 5.80. The van der Waals surface area contributed by atoms with Crippen LogP contribution in [-0.4, -0.2) is 50.1 Å². The SMILES string of the molecule is CNCc1nnc(SCCc2cnn(C)c2)n1C[C@H]1CCCO1. The third-order valence-corrected chi connectivity index (χ3v) is 4.89. The Kier molecular flexibility index (Phi) is 5.69. The normalized spacial score (nSPS) is 17.9. The van der Waals surface area contributed by atoms with E-state index in [1.165, 1.54) is 5.56 Å². The number of rotatable bonds is 8. The molecular weight excluding hydrogens is 312 g/mol. The maximum Gasteiger partial charge on any atom is 0.191 e. The van der Waals surface area contributed by atoms with Crippen LogP contribution >= 0.6 is 11.8 Å². The fourth-order valence-corrected chi connectivity index (χ4v) is 3.71. The monoisotopic (exact) mass is 336 g/mol. The number of ether oxygens (including phenoxy) is 1. The van der Waals surface area contributed by atoms with Gasteiger partial charge in [0.1, 0.15) is 5.82 Å². The van der Waals surface area contributed by atoms with Crippen molar-refractivity contribution in [2.45, 2.75) is 43.6 Å². The van der Waals surface area contributed by atoms with Crippen molar-refractivity contribution in [2.75, 3.05) is 19.4 Å². The first-order valence-corrected chi connectivity index (χ1v) is 9.03. The largest absolute Gasteiger partial charge is 0.376 e. The van der Waals surface area contributed by atoms with Crippen LogP contribution in [0.3, 0.4) is 0 Å². The Morgan fingerprint density at radius 2 is 2.35 bits per heavy atom. The quantitative estimate of drug-likeness (QED) is 0.732. The Balaban J connectivity index is 1.62. The lowest BCUT2D eigenvalue weighted by molar-refractivity contribution is 0.0941. The van der Waals surface area contributed by atoms with Gasteiger partial charge in [0.05, 0.1) is 25.4 Å². The number of thioether (sulfide) groups is 1. The third kappa shape index (κ3) is 4.33. The van der Waals surface area contributed by atoms with Crippen LogP contribution in [0.2, 0.25) is 0 Å². The van der Waals surface area contributed by atoms with E-state index in [1.54, 1.807) is 11.8 Å². The van der Waals surface area contributed by atoms with Crippen molar-refractivity contribution in [1.82, 2.24) is 29.9 Å². The molecule has 3 heterocycles. The summed E-state index contributed by atoms with van der Waals surface area (Å²) in [7, 11) is 3.87. The molecule has 0 radical (unpaired) electrons. The maximum atomic E-state index is 5.77. The van der Waals surface area contributed by atoms with Crippen molar-refractivity contribution in [3.8, 4) is 0 Å². The predicted molar refractivity (Wildman–Crippen MR) is 89.4 cm³/mol. The molecule has 3 rings (SSSR count). The van der Waals surface area contributed by atoms with Crippen LogP contribution < -0.4 is 5.32 Å². The highest BCUT2D eigenvalue weighted by Crippen LogP contribution is 2.22. The first kappa shape index (κ1) is 16.5. The zero-order valence-electron chi connectivity index (χ0n) is 13.7. The zero-order chi connectivity index (χ0) is 16.1. The van der Waals surface area contributed by atoms with Gasteiger partial charge in [-0.15, -0.1) is 10.2 Å². The lowest BCUT2D eigenvalue weighted by Gasteiger charge is -2.14. The van der Waals surface area contributed by atoms with Gasteiger partial charge in [-0.2, -0.15) is 5.10 Å². The standard InChI is InChI=1S/C15H24N6OS/c1-16-9-14-18-19-15(21(14)11-13-4-3-6-22-13)23-7-5-12-8-17-20(2)10-12/h8,10,13,16H,3-7,9,11H2,1-2H3/t13-/m1/s1. The number of hydrogen-bond acceptors (Lipinski definition) is 6. The summed E-state index contributed by atoms with van der Waals surface area (Å²) in [5, 5.41) is 17.1. The second-order valence-corrected chi connectivity index (χ2v) is 6.86. The summed E-state index contributed by atoms with van der Waals surface area (Å²) in [6, 6.07) is 0. The summed E-state index contributed by atoms with van der Waals surface area (Å²) >= 11 is 1.75. The van der Waals surface area contributed by atoms with E-state index in [2.05, 4.69) is 31.4 Å². The Bertz CT molecular complexity index is 619. The van der Waals surface area contributed by atoms with Crippen LogP contribution in [0.25, 0.3) is 0 Å². The Morgan fingerprint density at radius 3 is 3.04 bits per heavy atom. The topological polar surface area (TPSA) is 69.8 Å². The molecular formula is C15H24N6OS. The van der Waals surface area contributed by atoms with Gasteiger partial charge in [0.25, 0.3) is 0 Å². The molecule has 2 aromatic heterocycles. The molecule has 0 spiro atoms. The van der Waals surface area contributed by atoms with E-state index in [0.717, 1.165) is 55.7 Å². The van der Waals surface area contributed by atoms with Gasteiger partial charge < -0.3 is 14.6 Å². The van der Waals surface area contributed by atoms with Crippen LogP contribution in [-0.2, 0) is 31.3 Å². The minimum Gasteiger partial charge on any atom is -0.376 e. The van der Waals surface area contributed by atoms with E-state index in [0.29, 0.717) is 6.10 Å². The second kappa shape index (κ2) is 7.94. The summed E-state index contributed by atoms with van der Waals surface area (Å²) in [6.45, 7) is 2.44. The first-order valence-electron chi connectivity index (χ1n) is 8.05. The lowest BCUT2D eigenvalue weighted by atomic mass is 10.2. The molecule has 8 heteroatoms. The lowest BCUT2D eigenvalue weighted by Crippen LogP contribution is -2.20. The van der Waals surface area contributed by atoms with E-state index in [9.17, 15) is 0 Å². The molecule has 23 heavy (non-hydrogen) atoms. The zero-order valence-corrected chi connectivity index (χ0v) is 14.6. The highest BCUT2D eigenvalue weighted by molar-refractivity contribution is 7.99. The van der Waals surface area contributed by atoms with Crippen LogP contribution in [0.4, 0.5) is 0 Å². The molecule has 1 saturated heterocycles. The Hall–Kier alpha value is -1.38. The summed E-state index contributed by atoms with van der Waals surface area (Å²) in [5.74, 6) is 1.95. The molecule has 1 fully saturated rings. The van der Waals surface area contributed by atoms with Crippen LogP contribution in [0.15, 0.2) is 17.6 Å². The molecule has 0 unspecified atom stereocenters. The van der Waals surface area contributed by atoms with Gasteiger partial charge in [0, 0.05) is 25.6 Å². The Labute approximate surface area is 140 Å². The molecule has 1 N–H and O–H groups in total. The summed E-state index contributed by atoms with van der Waals surface area (Å²) < 4.78 is 9.82. The summed E-state index contributed by atoms with van der Waals surface area (Å²) in [6.07, 6.45) is 7.52. The van der Waals surface area contributed by atoms with E-state index >= 15 is 0 Å². The van der Waals surface area contributed by atoms with E-state index in [4.69, 9.17) is 4.74 Å². The minimum atomic E-state index is 0.291. The average Bonchev–Trinajstić information content (AvgIpc) is 3.25. The molecule has 0 bridgehead atoms. The number of aryl methyl sites for hydroxylation is 2. The van der Waals surface area contributed by atoms with Gasteiger partial charge in [0.2, 0.25) is 0 Å². The van der Waals surface area contributed by atoms with Gasteiger partial charge in [-0.1, -0.05) is 11.8 Å². The van der Waals surface area contributed by atoms with Gasteiger partial charge >= 0.3 is 0 Å². The van der Waals surface area contributed by atoms with Gasteiger partial charge in [0.15, 0.2) is 5.16 Å². The number of nitrogens with one attached hydrogen (secondary N) is 1. The summed E-state index contributed by atoms with van der Waals surface area (Å²) in [4.78, 5) is 0. The van der Waals surface area contributed by atoms with Gasteiger partial charge in [-0.05, 0) is 31.9 Å². The molecule has 0 aromatic carbocycles. The molecule has 0 amide bonds. The highest BCUT2D eigenvalue weighted by Gasteiger charge is 2.20. The molecule has 126 valence electrons. The molecule has 7 nitrogen and oxygen atoms in total. The van der Waals surface area contributed by atoms with Crippen molar-refractivity contribution < 1.29 is 4.74 Å². The summed E-state index contributed by atoms with van der Waals surface area (Å²) in [5.41, 5.74) is 1.25. The molecule has 0 aliphatic carbocycles.